The largest absolute Gasteiger partial charge is 0.493 e. The van der Waals surface area contributed by atoms with Crippen LogP contribution < -0.4 is 20.1 Å². The SMILES string of the molecule is CCNC(=O)COc1ccc(NC(=O)CCOc2cc(C)cc(C)c2)cc1. The highest BCUT2D eigenvalue weighted by molar-refractivity contribution is 5.90. The van der Waals surface area contributed by atoms with Crippen molar-refractivity contribution in [2.24, 2.45) is 0 Å². The molecule has 0 fully saturated rings. The van der Waals surface area contributed by atoms with Crippen LogP contribution in [0, 0.1) is 13.8 Å². The van der Waals surface area contributed by atoms with Crippen molar-refractivity contribution < 1.29 is 19.1 Å². The van der Waals surface area contributed by atoms with E-state index in [0.29, 0.717) is 24.6 Å². The molecule has 0 aromatic heterocycles. The number of likely N-dealkylation sites (N-methyl/N-ethyl adjacent to an activating group) is 1. The zero-order chi connectivity index (χ0) is 19.6. The molecule has 2 amide bonds. The van der Waals surface area contributed by atoms with E-state index in [2.05, 4.69) is 16.7 Å². The van der Waals surface area contributed by atoms with Gasteiger partial charge in [0, 0.05) is 12.2 Å². The lowest BCUT2D eigenvalue weighted by Crippen LogP contribution is -2.28. The third-order valence-corrected chi connectivity index (χ3v) is 3.68. The van der Waals surface area contributed by atoms with Gasteiger partial charge in [-0.15, -0.1) is 0 Å². The van der Waals surface area contributed by atoms with Crippen molar-refractivity contribution in [2.75, 3.05) is 25.1 Å². The van der Waals surface area contributed by atoms with Crippen molar-refractivity contribution in [1.82, 2.24) is 5.32 Å². The van der Waals surface area contributed by atoms with Crippen LogP contribution in [0.3, 0.4) is 0 Å². The number of benzene rings is 2. The molecule has 2 aromatic carbocycles. The summed E-state index contributed by atoms with van der Waals surface area (Å²) in [4.78, 5) is 23.4. The van der Waals surface area contributed by atoms with Gasteiger partial charge in [0.15, 0.2) is 6.61 Å². The number of anilines is 1. The standard InChI is InChI=1S/C21H26N2O4/c1-4-22-21(25)14-27-18-7-5-17(6-8-18)23-20(24)9-10-26-19-12-15(2)11-16(3)13-19/h5-8,11-13H,4,9-10,14H2,1-3H3,(H,22,25)(H,23,24). The van der Waals surface area contributed by atoms with Gasteiger partial charge < -0.3 is 20.1 Å². The van der Waals surface area contributed by atoms with Crippen LogP contribution in [-0.4, -0.2) is 31.6 Å². The number of hydrogen-bond acceptors (Lipinski definition) is 4. The van der Waals surface area contributed by atoms with E-state index in [-0.39, 0.29) is 24.8 Å². The van der Waals surface area contributed by atoms with Crippen LogP contribution in [0.25, 0.3) is 0 Å². The number of carbonyl (C=O) groups excluding carboxylic acids is 2. The second-order valence-corrected chi connectivity index (χ2v) is 6.24. The number of carbonyl (C=O) groups is 2. The van der Waals surface area contributed by atoms with Gasteiger partial charge in [0.1, 0.15) is 11.5 Å². The molecule has 27 heavy (non-hydrogen) atoms. The van der Waals surface area contributed by atoms with E-state index in [4.69, 9.17) is 9.47 Å². The molecule has 0 unspecified atom stereocenters. The Bertz CT molecular complexity index is 752. The Kier molecular flexibility index (Phi) is 7.67. The fourth-order valence-corrected chi connectivity index (χ4v) is 2.53. The van der Waals surface area contributed by atoms with Gasteiger partial charge in [0.05, 0.1) is 13.0 Å². The van der Waals surface area contributed by atoms with Crippen LogP contribution in [0.5, 0.6) is 11.5 Å². The molecule has 0 heterocycles. The van der Waals surface area contributed by atoms with Crippen LogP contribution in [0.4, 0.5) is 5.69 Å². The van der Waals surface area contributed by atoms with Gasteiger partial charge in [0.2, 0.25) is 5.91 Å². The maximum absolute atomic E-state index is 12.0. The molecule has 0 bridgehead atoms. The lowest BCUT2D eigenvalue weighted by atomic mass is 10.1. The molecule has 0 saturated heterocycles. The average Bonchev–Trinajstić information content (AvgIpc) is 2.60. The smallest absolute Gasteiger partial charge is 0.257 e. The predicted octanol–water partition coefficient (Wildman–Crippen LogP) is 3.23. The van der Waals surface area contributed by atoms with Gasteiger partial charge >= 0.3 is 0 Å². The molecular formula is C21H26N2O4. The Morgan fingerprint density at radius 1 is 0.889 bits per heavy atom. The molecule has 2 N–H and O–H groups in total. The lowest BCUT2D eigenvalue weighted by Gasteiger charge is -2.10. The summed E-state index contributed by atoms with van der Waals surface area (Å²) < 4.78 is 11.0. The molecule has 0 aliphatic carbocycles. The summed E-state index contributed by atoms with van der Waals surface area (Å²) in [5.74, 6) is 1.04. The maximum Gasteiger partial charge on any atom is 0.257 e. The van der Waals surface area contributed by atoms with Crippen molar-refractivity contribution in [3.8, 4) is 11.5 Å². The molecule has 0 saturated carbocycles. The van der Waals surface area contributed by atoms with E-state index < -0.39 is 0 Å². The molecule has 0 atom stereocenters. The zero-order valence-electron chi connectivity index (χ0n) is 16.0. The van der Waals surface area contributed by atoms with Crippen molar-refractivity contribution in [2.45, 2.75) is 27.2 Å². The highest BCUT2D eigenvalue weighted by Crippen LogP contribution is 2.17. The second kappa shape index (κ2) is 10.2. The molecule has 2 aromatic rings. The Labute approximate surface area is 159 Å². The third-order valence-electron chi connectivity index (χ3n) is 3.68. The van der Waals surface area contributed by atoms with Crippen molar-refractivity contribution >= 4 is 17.5 Å². The van der Waals surface area contributed by atoms with Gasteiger partial charge in [-0.2, -0.15) is 0 Å². The molecule has 0 radical (unpaired) electrons. The summed E-state index contributed by atoms with van der Waals surface area (Å²) >= 11 is 0. The Morgan fingerprint density at radius 3 is 2.19 bits per heavy atom. The first-order valence-corrected chi connectivity index (χ1v) is 8.97. The summed E-state index contributed by atoms with van der Waals surface area (Å²) in [6.07, 6.45) is 0.252. The highest BCUT2D eigenvalue weighted by atomic mass is 16.5. The zero-order valence-corrected chi connectivity index (χ0v) is 16.0. The Hall–Kier alpha value is -3.02. The summed E-state index contributed by atoms with van der Waals surface area (Å²) in [5.41, 5.74) is 2.92. The van der Waals surface area contributed by atoms with Crippen LogP contribution in [-0.2, 0) is 9.59 Å². The number of amides is 2. The summed E-state index contributed by atoms with van der Waals surface area (Å²) in [5, 5.41) is 5.47. The first-order valence-electron chi connectivity index (χ1n) is 8.97. The molecule has 6 heteroatoms. The molecule has 6 nitrogen and oxygen atoms in total. The van der Waals surface area contributed by atoms with Gasteiger partial charge in [-0.25, -0.2) is 0 Å². The monoisotopic (exact) mass is 370 g/mol. The van der Waals surface area contributed by atoms with Gasteiger partial charge in [-0.3, -0.25) is 9.59 Å². The molecule has 0 spiro atoms. The third kappa shape index (κ3) is 7.40. The number of hydrogen-bond donors (Lipinski definition) is 2. The van der Waals surface area contributed by atoms with Crippen molar-refractivity contribution in [3.63, 3.8) is 0 Å². The molecular weight excluding hydrogens is 344 g/mol. The van der Waals surface area contributed by atoms with E-state index >= 15 is 0 Å². The van der Waals surface area contributed by atoms with E-state index in [0.717, 1.165) is 16.9 Å². The fraction of sp³-hybridized carbons (Fsp3) is 0.333. The first kappa shape index (κ1) is 20.3. The van der Waals surface area contributed by atoms with Crippen molar-refractivity contribution in [3.05, 3.63) is 53.6 Å². The fourth-order valence-electron chi connectivity index (χ4n) is 2.53. The molecule has 0 aliphatic heterocycles. The average molecular weight is 370 g/mol. The quantitative estimate of drug-likeness (QED) is 0.711. The predicted molar refractivity (Wildman–Crippen MR) is 105 cm³/mol. The van der Waals surface area contributed by atoms with Crippen LogP contribution in [0.1, 0.15) is 24.5 Å². The minimum atomic E-state index is -0.168. The molecule has 0 aliphatic rings. The van der Waals surface area contributed by atoms with Crippen LogP contribution >= 0.6 is 0 Å². The maximum atomic E-state index is 12.0. The summed E-state index contributed by atoms with van der Waals surface area (Å²) in [6.45, 7) is 6.72. The minimum absolute atomic E-state index is 0.0324. The van der Waals surface area contributed by atoms with E-state index in [1.54, 1.807) is 24.3 Å². The highest BCUT2D eigenvalue weighted by Gasteiger charge is 2.05. The Balaban J connectivity index is 1.74. The van der Waals surface area contributed by atoms with Gasteiger partial charge in [-0.05, 0) is 68.3 Å². The lowest BCUT2D eigenvalue weighted by molar-refractivity contribution is -0.123. The van der Waals surface area contributed by atoms with Crippen LogP contribution in [0.2, 0.25) is 0 Å². The van der Waals surface area contributed by atoms with E-state index in [1.165, 1.54) is 0 Å². The number of ether oxygens (including phenoxy) is 2. The van der Waals surface area contributed by atoms with Crippen LogP contribution in [0.15, 0.2) is 42.5 Å². The number of nitrogens with one attached hydrogen (secondary N) is 2. The second-order valence-electron chi connectivity index (χ2n) is 6.24. The number of rotatable bonds is 9. The molecule has 2 rings (SSSR count). The summed E-state index contributed by atoms with van der Waals surface area (Å²) in [6, 6.07) is 12.9. The normalized spacial score (nSPS) is 10.2. The molecule has 144 valence electrons. The van der Waals surface area contributed by atoms with E-state index in [1.807, 2.05) is 32.9 Å². The first-order chi connectivity index (χ1) is 13.0. The number of aryl methyl sites for hydroxylation is 2. The van der Waals surface area contributed by atoms with Gasteiger partial charge in [-0.1, -0.05) is 6.07 Å². The van der Waals surface area contributed by atoms with Crippen molar-refractivity contribution in [1.29, 1.82) is 0 Å². The minimum Gasteiger partial charge on any atom is -0.493 e. The van der Waals surface area contributed by atoms with E-state index in [9.17, 15) is 9.59 Å². The van der Waals surface area contributed by atoms with Gasteiger partial charge in [0.25, 0.3) is 5.91 Å². The summed E-state index contributed by atoms with van der Waals surface area (Å²) in [7, 11) is 0. The topological polar surface area (TPSA) is 76.7 Å². The Morgan fingerprint density at radius 2 is 1.56 bits per heavy atom.